The van der Waals surface area contributed by atoms with E-state index in [9.17, 15) is 12.8 Å². The van der Waals surface area contributed by atoms with E-state index in [1.807, 2.05) is 6.92 Å². The molecule has 0 aromatic heterocycles. The van der Waals surface area contributed by atoms with E-state index in [2.05, 4.69) is 25.9 Å². The number of halogens is 2. The van der Waals surface area contributed by atoms with Gasteiger partial charge in [-0.3, -0.25) is 0 Å². The molecule has 2 aromatic carbocycles. The van der Waals surface area contributed by atoms with Crippen molar-refractivity contribution in [2.45, 2.75) is 11.8 Å². The third-order valence-corrected chi connectivity index (χ3v) is 4.60. The molecule has 0 saturated carbocycles. The molecule has 0 spiro atoms. The van der Waals surface area contributed by atoms with Crippen molar-refractivity contribution in [3.8, 4) is 0 Å². The lowest BCUT2D eigenvalue weighted by molar-refractivity contribution is 0.584. The number of sulfonamides is 1. The van der Waals surface area contributed by atoms with Gasteiger partial charge >= 0.3 is 0 Å². The van der Waals surface area contributed by atoms with Gasteiger partial charge in [-0.1, -0.05) is 33.6 Å². The Hall–Kier alpha value is -1.73. The fraction of sp³-hybridized carbons (Fsp3) is 0.0714. The molecule has 0 aliphatic rings. The summed E-state index contributed by atoms with van der Waals surface area (Å²) in [5.74, 6) is -0.390. The summed E-state index contributed by atoms with van der Waals surface area (Å²) in [7, 11) is -3.71. The van der Waals surface area contributed by atoms with Gasteiger partial charge in [-0.2, -0.15) is 13.5 Å². The van der Waals surface area contributed by atoms with Crippen LogP contribution < -0.4 is 4.83 Å². The largest absolute Gasteiger partial charge is 0.276 e. The van der Waals surface area contributed by atoms with E-state index in [1.165, 1.54) is 36.5 Å². The highest BCUT2D eigenvalue weighted by atomic mass is 79.9. The van der Waals surface area contributed by atoms with Crippen LogP contribution in [0.2, 0.25) is 0 Å². The first-order valence-electron chi connectivity index (χ1n) is 5.95. The molecule has 2 rings (SSSR count). The minimum Gasteiger partial charge on any atom is -0.207 e. The number of nitrogens with one attached hydrogen (secondary N) is 1. The van der Waals surface area contributed by atoms with Gasteiger partial charge in [0.1, 0.15) is 5.82 Å². The van der Waals surface area contributed by atoms with Gasteiger partial charge in [-0.25, -0.2) is 9.22 Å². The summed E-state index contributed by atoms with van der Waals surface area (Å²) in [5.41, 5.74) is 1.52. The maximum Gasteiger partial charge on any atom is 0.276 e. The van der Waals surface area contributed by atoms with Gasteiger partial charge in [0.15, 0.2) is 0 Å². The number of hydrogen-bond donors (Lipinski definition) is 1. The lowest BCUT2D eigenvalue weighted by Gasteiger charge is -2.04. The highest BCUT2D eigenvalue weighted by Crippen LogP contribution is 2.16. The Bertz CT molecular complexity index is 774. The minimum absolute atomic E-state index is 0.128. The van der Waals surface area contributed by atoms with Gasteiger partial charge in [0, 0.05) is 10.0 Å². The van der Waals surface area contributed by atoms with Crippen molar-refractivity contribution in [3.05, 3.63) is 63.9 Å². The molecule has 0 aliphatic carbocycles. The Labute approximate surface area is 130 Å². The van der Waals surface area contributed by atoms with Crippen molar-refractivity contribution >= 4 is 32.2 Å². The second-order valence-corrected chi connectivity index (χ2v) is 6.85. The van der Waals surface area contributed by atoms with E-state index in [0.29, 0.717) is 10.0 Å². The smallest absolute Gasteiger partial charge is 0.207 e. The van der Waals surface area contributed by atoms with E-state index >= 15 is 0 Å². The zero-order valence-corrected chi connectivity index (χ0v) is 13.4. The maximum absolute atomic E-state index is 12.9. The Morgan fingerprint density at radius 3 is 2.48 bits per heavy atom. The van der Waals surface area contributed by atoms with Gasteiger partial charge in [0.05, 0.1) is 11.1 Å². The fourth-order valence-electron chi connectivity index (χ4n) is 1.54. The molecular formula is C14H12BrFN2O2S. The molecular weight excluding hydrogens is 359 g/mol. The van der Waals surface area contributed by atoms with Gasteiger partial charge in [0.2, 0.25) is 0 Å². The second kappa shape index (κ2) is 6.36. The number of benzene rings is 2. The third kappa shape index (κ3) is 4.12. The molecule has 0 radical (unpaired) electrons. The van der Waals surface area contributed by atoms with Crippen molar-refractivity contribution in [1.29, 1.82) is 0 Å². The molecule has 4 nitrogen and oxygen atoms in total. The second-order valence-electron chi connectivity index (χ2n) is 4.33. The van der Waals surface area contributed by atoms with E-state index < -0.39 is 10.0 Å². The molecule has 7 heteroatoms. The van der Waals surface area contributed by atoms with Crippen molar-refractivity contribution in [2.24, 2.45) is 5.10 Å². The Balaban J connectivity index is 2.14. The molecule has 0 amide bonds. The standard InChI is InChI=1S/C14H12BrFN2O2S/c1-10-2-6-13(7-3-10)21(19,20)18-17-9-11-4-5-12(16)8-14(11)15/h2-9,18H,1H3. The molecule has 0 unspecified atom stereocenters. The van der Waals surface area contributed by atoms with Crippen LogP contribution in [0.25, 0.3) is 0 Å². The first kappa shape index (κ1) is 15.7. The zero-order chi connectivity index (χ0) is 15.5. The van der Waals surface area contributed by atoms with Crippen LogP contribution in [0.5, 0.6) is 0 Å². The molecule has 0 saturated heterocycles. The van der Waals surface area contributed by atoms with E-state index in [-0.39, 0.29) is 10.7 Å². The Morgan fingerprint density at radius 1 is 1.19 bits per heavy atom. The maximum atomic E-state index is 12.9. The molecule has 21 heavy (non-hydrogen) atoms. The van der Waals surface area contributed by atoms with Crippen LogP contribution in [0.3, 0.4) is 0 Å². The predicted molar refractivity (Wildman–Crippen MR) is 83.2 cm³/mol. The van der Waals surface area contributed by atoms with Gasteiger partial charge < -0.3 is 0 Å². The molecule has 0 atom stereocenters. The lowest BCUT2D eigenvalue weighted by atomic mass is 10.2. The summed E-state index contributed by atoms with van der Waals surface area (Å²) in [6.07, 6.45) is 1.30. The third-order valence-electron chi connectivity index (χ3n) is 2.67. The first-order chi connectivity index (χ1) is 9.88. The van der Waals surface area contributed by atoms with Crippen LogP contribution in [0, 0.1) is 12.7 Å². The summed E-state index contributed by atoms with van der Waals surface area (Å²) in [6, 6.07) is 10.4. The average molecular weight is 371 g/mol. The fourth-order valence-corrected chi connectivity index (χ4v) is 2.79. The highest BCUT2D eigenvalue weighted by Gasteiger charge is 2.11. The predicted octanol–water partition coefficient (Wildman–Crippen LogP) is 3.21. The summed E-state index contributed by atoms with van der Waals surface area (Å²) in [6.45, 7) is 1.87. The quantitative estimate of drug-likeness (QED) is 0.663. The van der Waals surface area contributed by atoms with Crippen LogP contribution in [-0.2, 0) is 10.0 Å². The van der Waals surface area contributed by atoms with Crippen LogP contribution >= 0.6 is 15.9 Å². The Kier molecular flexibility index (Phi) is 4.74. The van der Waals surface area contributed by atoms with Crippen LogP contribution in [0.4, 0.5) is 4.39 Å². The van der Waals surface area contributed by atoms with Crippen molar-refractivity contribution in [2.75, 3.05) is 0 Å². The molecule has 2 aromatic rings. The average Bonchev–Trinajstić information content (AvgIpc) is 2.41. The molecule has 1 N–H and O–H groups in total. The monoisotopic (exact) mass is 370 g/mol. The number of nitrogens with zero attached hydrogens (tertiary/aromatic N) is 1. The lowest BCUT2D eigenvalue weighted by Crippen LogP contribution is -2.18. The van der Waals surface area contributed by atoms with Crippen LogP contribution in [0.1, 0.15) is 11.1 Å². The number of hydrazone groups is 1. The van der Waals surface area contributed by atoms with E-state index in [4.69, 9.17) is 0 Å². The summed E-state index contributed by atoms with van der Waals surface area (Å²) in [4.78, 5) is 2.24. The van der Waals surface area contributed by atoms with Gasteiger partial charge in [0.25, 0.3) is 10.0 Å². The van der Waals surface area contributed by atoms with Gasteiger partial charge in [-0.15, -0.1) is 0 Å². The zero-order valence-electron chi connectivity index (χ0n) is 11.0. The van der Waals surface area contributed by atoms with Crippen molar-refractivity contribution in [1.82, 2.24) is 4.83 Å². The molecule has 0 bridgehead atoms. The van der Waals surface area contributed by atoms with Crippen LogP contribution in [-0.4, -0.2) is 14.6 Å². The SMILES string of the molecule is Cc1ccc(S(=O)(=O)NN=Cc2ccc(F)cc2Br)cc1. The van der Waals surface area contributed by atoms with E-state index in [0.717, 1.165) is 5.56 Å². The summed E-state index contributed by atoms with van der Waals surface area (Å²) in [5, 5.41) is 3.69. The molecule has 0 heterocycles. The topological polar surface area (TPSA) is 58.5 Å². The Morgan fingerprint density at radius 2 is 1.86 bits per heavy atom. The first-order valence-corrected chi connectivity index (χ1v) is 8.23. The number of aryl methyl sites for hydroxylation is 1. The van der Waals surface area contributed by atoms with Crippen molar-refractivity contribution in [3.63, 3.8) is 0 Å². The van der Waals surface area contributed by atoms with Crippen molar-refractivity contribution < 1.29 is 12.8 Å². The van der Waals surface area contributed by atoms with Crippen LogP contribution in [0.15, 0.2) is 56.9 Å². The summed E-state index contributed by atoms with van der Waals surface area (Å²) < 4.78 is 37.4. The highest BCUT2D eigenvalue weighted by molar-refractivity contribution is 9.10. The molecule has 110 valence electrons. The number of hydrogen-bond acceptors (Lipinski definition) is 3. The van der Waals surface area contributed by atoms with Gasteiger partial charge in [-0.05, 0) is 37.3 Å². The molecule has 0 aliphatic heterocycles. The normalized spacial score (nSPS) is 11.8. The van der Waals surface area contributed by atoms with E-state index in [1.54, 1.807) is 12.1 Å². The number of rotatable bonds is 4. The molecule has 0 fully saturated rings. The minimum atomic E-state index is -3.71. The summed E-state index contributed by atoms with van der Waals surface area (Å²) >= 11 is 3.17.